The van der Waals surface area contributed by atoms with Crippen LogP contribution in [0.2, 0.25) is 0 Å². The third-order valence-electron chi connectivity index (χ3n) is 1.11. The minimum Gasteiger partial charge on any atom is -0.345 e. The van der Waals surface area contributed by atoms with Crippen molar-refractivity contribution in [2.45, 2.75) is 20.8 Å². The zero-order chi connectivity index (χ0) is 10.1. The Morgan fingerprint density at radius 3 is 2.00 bits per heavy atom. The first kappa shape index (κ1) is 13.5. The Balaban J connectivity index is 0. The number of likely N-dealkylation sites (N-methyl/N-ethyl adjacent to an activating group) is 1. The van der Waals surface area contributed by atoms with Gasteiger partial charge in [0.25, 0.3) is 0 Å². The van der Waals surface area contributed by atoms with Crippen LogP contribution in [0, 0.1) is 0 Å². The minimum atomic E-state index is 0.0277. The van der Waals surface area contributed by atoms with E-state index < -0.39 is 0 Å². The lowest BCUT2D eigenvalue weighted by molar-refractivity contribution is -0.124. The van der Waals surface area contributed by atoms with E-state index in [-0.39, 0.29) is 5.91 Å². The predicted molar refractivity (Wildman–Crippen MR) is 54.0 cm³/mol. The molecule has 0 aromatic carbocycles. The van der Waals surface area contributed by atoms with Crippen molar-refractivity contribution >= 4 is 5.91 Å². The molecule has 12 heavy (non-hydrogen) atoms. The fourth-order valence-electron chi connectivity index (χ4n) is 0.601. The molecule has 0 radical (unpaired) electrons. The summed E-state index contributed by atoms with van der Waals surface area (Å²) in [4.78, 5) is 12.6. The molecule has 1 amide bonds. The molecule has 0 rings (SSSR count). The average molecular weight is 169 g/mol. The summed E-state index contributed by atoms with van der Waals surface area (Å²) in [5.41, 5.74) is 0.708. The standard InChI is InChI=1S/C8H13NO.C2H6/c1-5-6-7(2)8(10)9(3)4;1-2/h5-6H,1H2,2-4H3;1-2H3/b7-6+;. The summed E-state index contributed by atoms with van der Waals surface area (Å²) >= 11 is 0. The van der Waals surface area contributed by atoms with Gasteiger partial charge in [0, 0.05) is 19.7 Å². The SMILES string of the molecule is C=C/C=C(\C)C(=O)N(C)C.CC. The van der Waals surface area contributed by atoms with Gasteiger partial charge in [-0.1, -0.05) is 32.6 Å². The number of rotatable bonds is 2. The van der Waals surface area contributed by atoms with Crippen LogP contribution < -0.4 is 0 Å². The highest BCUT2D eigenvalue weighted by molar-refractivity contribution is 5.92. The van der Waals surface area contributed by atoms with Crippen LogP contribution in [0.3, 0.4) is 0 Å². The van der Waals surface area contributed by atoms with E-state index in [1.54, 1.807) is 33.2 Å². The van der Waals surface area contributed by atoms with Gasteiger partial charge in [0.2, 0.25) is 5.91 Å². The second-order valence-electron chi connectivity index (χ2n) is 2.28. The van der Waals surface area contributed by atoms with Gasteiger partial charge in [-0.3, -0.25) is 4.79 Å². The molecular weight excluding hydrogens is 150 g/mol. The van der Waals surface area contributed by atoms with Crippen LogP contribution in [-0.4, -0.2) is 24.9 Å². The number of allylic oxidation sites excluding steroid dienone is 2. The molecule has 0 saturated carbocycles. The van der Waals surface area contributed by atoms with Crippen LogP contribution in [0.25, 0.3) is 0 Å². The molecule has 0 fully saturated rings. The molecule has 2 heteroatoms. The molecule has 0 aliphatic carbocycles. The van der Waals surface area contributed by atoms with Crippen LogP contribution in [-0.2, 0) is 4.79 Å². The van der Waals surface area contributed by atoms with Gasteiger partial charge < -0.3 is 4.90 Å². The molecule has 0 spiro atoms. The molecule has 2 nitrogen and oxygen atoms in total. The summed E-state index contributed by atoms with van der Waals surface area (Å²) in [5, 5.41) is 0. The fraction of sp³-hybridized carbons (Fsp3) is 0.500. The van der Waals surface area contributed by atoms with Crippen molar-refractivity contribution in [2.75, 3.05) is 14.1 Å². The first-order valence-corrected chi connectivity index (χ1v) is 4.10. The maximum atomic E-state index is 11.0. The molecule has 0 aromatic rings. The highest BCUT2D eigenvalue weighted by Gasteiger charge is 2.03. The second-order valence-corrected chi connectivity index (χ2v) is 2.28. The average Bonchev–Trinajstić information content (AvgIpc) is 2.07. The lowest BCUT2D eigenvalue weighted by Gasteiger charge is -2.08. The van der Waals surface area contributed by atoms with Crippen molar-refractivity contribution in [1.82, 2.24) is 4.90 Å². The van der Waals surface area contributed by atoms with Crippen molar-refractivity contribution in [2.24, 2.45) is 0 Å². The van der Waals surface area contributed by atoms with E-state index in [0.717, 1.165) is 0 Å². The van der Waals surface area contributed by atoms with Crippen LogP contribution in [0.1, 0.15) is 20.8 Å². The Bertz CT molecular complexity index is 169. The van der Waals surface area contributed by atoms with Gasteiger partial charge in [-0.2, -0.15) is 0 Å². The number of hydrogen-bond donors (Lipinski definition) is 0. The molecule has 0 atom stereocenters. The highest BCUT2D eigenvalue weighted by Crippen LogP contribution is 1.96. The molecule has 0 aliphatic heterocycles. The number of amides is 1. The lowest BCUT2D eigenvalue weighted by atomic mass is 10.2. The zero-order valence-electron chi connectivity index (χ0n) is 8.72. The van der Waals surface area contributed by atoms with Gasteiger partial charge in [0.15, 0.2) is 0 Å². The third kappa shape index (κ3) is 5.71. The van der Waals surface area contributed by atoms with Crippen molar-refractivity contribution in [3.05, 3.63) is 24.3 Å². The Hall–Kier alpha value is -1.05. The quantitative estimate of drug-likeness (QED) is 0.458. The molecule has 0 bridgehead atoms. The second kappa shape index (κ2) is 8.05. The summed E-state index contributed by atoms with van der Waals surface area (Å²) < 4.78 is 0. The van der Waals surface area contributed by atoms with E-state index in [4.69, 9.17) is 0 Å². The Morgan fingerprint density at radius 2 is 1.75 bits per heavy atom. The van der Waals surface area contributed by atoms with Gasteiger partial charge in [0.05, 0.1) is 0 Å². The highest BCUT2D eigenvalue weighted by atomic mass is 16.2. The summed E-state index contributed by atoms with van der Waals surface area (Å²) in [6.45, 7) is 9.26. The van der Waals surface area contributed by atoms with Crippen LogP contribution in [0.4, 0.5) is 0 Å². The van der Waals surface area contributed by atoms with Crippen molar-refractivity contribution in [1.29, 1.82) is 0 Å². The Labute approximate surface area is 75.6 Å². The summed E-state index contributed by atoms with van der Waals surface area (Å²) in [6, 6.07) is 0. The molecule has 0 aliphatic rings. The van der Waals surface area contributed by atoms with Crippen LogP contribution in [0.5, 0.6) is 0 Å². The van der Waals surface area contributed by atoms with Crippen molar-refractivity contribution in [3.8, 4) is 0 Å². The molecule has 70 valence electrons. The molecule has 0 unspecified atom stereocenters. The smallest absolute Gasteiger partial charge is 0.248 e. The number of nitrogens with zero attached hydrogens (tertiary/aromatic N) is 1. The van der Waals surface area contributed by atoms with E-state index in [0.29, 0.717) is 5.57 Å². The monoisotopic (exact) mass is 169 g/mol. The minimum absolute atomic E-state index is 0.0277. The number of carbonyl (C=O) groups is 1. The summed E-state index contributed by atoms with van der Waals surface area (Å²) in [6.07, 6.45) is 3.30. The predicted octanol–water partition coefficient (Wildman–Crippen LogP) is 2.23. The van der Waals surface area contributed by atoms with Gasteiger partial charge in [-0.25, -0.2) is 0 Å². The largest absolute Gasteiger partial charge is 0.345 e. The first-order valence-electron chi connectivity index (χ1n) is 4.10. The molecule has 0 aromatic heterocycles. The van der Waals surface area contributed by atoms with Gasteiger partial charge in [-0.15, -0.1) is 0 Å². The van der Waals surface area contributed by atoms with E-state index in [1.807, 2.05) is 13.8 Å². The van der Waals surface area contributed by atoms with Gasteiger partial charge in [0.1, 0.15) is 0 Å². The summed E-state index contributed by atoms with van der Waals surface area (Å²) in [5.74, 6) is 0.0277. The Kier molecular flexibility index (Phi) is 9.08. The van der Waals surface area contributed by atoms with Crippen molar-refractivity contribution in [3.63, 3.8) is 0 Å². The number of hydrogen-bond acceptors (Lipinski definition) is 1. The topological polar surface area (TPSA) is 20.3 Å². The molecular formula is C10H19NO. The van der Waals surface area contributed by atoms with Gasteiger partial charge >= 0.3 is 0 Å². The maximum absolute atomic E-state index is 11.0. The zero-order valence-corrected chi connectivity index (χ0v) is 8.72. The molecule has 0 saturated heterocycles. The van der Waals surface area contributed by atoms with E-state index >= 15 is 0 Å². The number of carbonyl (C=O) groups excluding carboxylic acids is 1. The molecule has 0 heterocycles. The van der Waals surface area contributed by atoms with Crippen molar-refractivity contribution < 1.29 is 4.79 Å². The fourth-order valence-corrected chi connectivity index (χ4v) is 0.601. The normalized spacial score (nSPS) is 9.58. The summed E-state index contributed by atoms with van der Waals surface area (Å²) in [7, 11) is 3.45. The van der Waals surface area contributed by atoms with E-state index in [1.165, 1.54) is 4.90 Å². The van der Waals surface area contributed by atoms with Crippen LogP contribution in [0.15, 0.2) is 24.3 Å². The third-order valence-corrected chi connectivity index (χ3v) is 1.11. The maximum Gasteiger partial charge on any atom is 0.248 e. The lowest BCUT2D eigenvalue weighted by Crippen LogP contribution is -2.22. The first-order chi connectivity index (χ1) is 5.59. The molecule has 0 N–H and O–H groups in total. The van der Waals surface area contributed by atoms with E-state index in [2.05, 4.69) is 6.58 Å². The Morgan fingerprint density at radius 1 is 1.33 bits per heavy atom. The van der Waals surface area contributed by atoms with E-state index in [9.17, 15) is 4.79 Å². The van der Waals surface area contributed by atoms with Crippen LogP contribution >= 0.6 is 0 Å². The van der Waals surface area contributed by atoms with Gasteiger partial charge in [-0.05, 0) is 6.92 Å².